The lowest BCUT2D eigenvalue weighted by Gasteiger charge is -2.33. The summed E-state index contributed by atoms with van der Waals surface area (Å²) in [5.41, 5.74) is 1.09. The van der Waals surface area contributed by atoms with Crippen LogP contribution in [0.2, 0.25) is 5.02 Å². The number of nitrogens with zero attached hydrogens (tertiary/aromatic N) is 1. The maximum atomic E-state index is 13.7. The van der Waals surface area contributed by atoms with Crippen molar-refractivity contribution in [1.82, 2.24) is 15.5 Å². The van der Waals surface area contributed by atoms with Crippen molar-refractivity contribution in [3.05, 3.63) is 46.4 Å². The molecule has 1 aliphatic carbocycles. The van der Waals surface area contributed by atoms with Crippen molar-refractivity contribution in [3.8, 4) is 0 Å². The summed E-state index contributed by atoms with van der Waals surface area (Å²) in [4.78, 5) is 24.0. The van der Waals surface area contributed by atoms with Gasteiger partial charge in [0.1, 0.15) is 18.0 Å². The molecule has 1 saturated carbocycles. The zero-order valence-corrected chi connectivity index (χ0v) is 16.9. The summed E-state index contributed by atoms with van der Waals surface area (Å²) in [7, 11) is 0. The molecule has 1 saturated heterocycles. The molecule has 1 aromatic carbocycles. The lowest BCUT2D eigenvalue weighted by Crippen LogP contribution is -2.36. The molecule has 8 nitrogen and oxygen atoms in total. The van der Waals surface area contributed by atoms with Crippen LogP contribution in [-0.2, 0) is 20.8 Å². The van der Waals surface area contributed by atoms with Gasteiger partial charge in [-0.1, -0.05) is 17.7 Å². The number of benzene rings is 1. The van der Waals surface area contributed by atoms with Crippen LogP contribution in [0, 0.1) is 5.82 Å². The molecular formula is C20H22ClFN4O4. The Kier molecular flexibility index (Phi) is 6.19. The molecule has 160 valence electrons. The van der Waals surface area contributed by atoms with E-state index in [1.54, 1.807) is 12.1 Å². The minimum Gasteiger partial charge on any atom is -0.446 e. The SMILES string of the molecule is O=C(NCc1c(F)cccc1Cl)OC1CC(c2cc(NC(=O)C3CCCO3)n[nH]2)C1. The number of H-pyrrole nitrogens is 1. The largest absolute Gasteiger partial charge is 0.446 e. The predicted octanol–water partition coefficient (Wildman–Crippen LogP) is 3.49. The number of carbonyl (C=O) groups is 2. The van der Waals surface area contributed by atoms with E-state index in [1.807, 2.05) is 0 Å². The maximum Gasteiger partial charge on any atom is 0.407 e. The normalized spacial score (nSPS) is 22.9. The monoisotopic (exact) mass is 436 g/mol. The van der Waals surface area contributed by atoms with E-state index in [2.05, 4.69) is 20.8 Å². The molecule has 30 heavy (non-hydrogen) atoms. The van der Waals surface area contributed by atoms with Crippen molar-refractivity contribution >= 4 is 29.4 Å². The van der Waals surface area contributed by atoms with Crippen molar-refractivity contribution in [2.24, 2.45) is 0 Å². The average Bonchev–Trinajstić information content (AvgIpc) is 3.36. The molecule has 1 aromatic heterocycles. The van der Waals surface area contributed by atoms with Gasteiger partial charge in [0.2, 0.25) is 0 Å². The zero-order valence-electron chi connectivity index (χ0n) is 16.1. The second kappa shape index (κ2) is 9.01. The van der Waals surface area contributed by atoms with Crippen molar-refractivity contribution in [2.75, 3.05) is 11.9 Å². The van der Waals surface area contributed by atoms with Gasteiger partial charge in [-0.05, 0) is 37.8 Å². The van der Waals surface area contributed by atoms with E-state index in [-0.39, 0.29) is 35.1 Å². The number of carbonyl (C=O) groups excluding carboxylic acids is 2. The molecule has 2 heterocycles. The number of alkyl carbamates (subject to hydrolysis) is 1. The molecule has 10 heteroatoms. The molecule has 2 fully saturated rings. The number of ether oxygens (including phenoxy) is 2. The van der Waals surface area contributed by atoms with Gasteiger partial charge < -0.3 is 20.1 Å². The van der Waals surface area contributed by atoms with Gasteiger partial charge in [-0.3, -0.25) is 9.89 Å². The zero-order chi connectivity index (χ0) is 21.1. The third kappa shape index (κ3) is 4.73. The third-order valence-corrected chi connectivity index (χ3v) is 5.70. The molecule has 0 radical (unpaired) electrons. The predicted molar refractivity (Wildman–Crippen MR) is 107 cm³/mol. The third-order valence-electron chi connectivity index (χ3n) is 5.35. The van der Waals surface area contributed by atoms with Gasteiger partial charge in [0.15, 0.2) is 5.82 Å². The molecule has 1 atom stereocenters. The molecule has 1 unspecified atom stereocenters. The van der Waals surface area contributed by atoms with Crippen LogP contribution in [0.5, 0.6) is 0 Å². The Balaban J connectivity index is 1.20. The fourth-order valence-corrected chi connectivity index (χ4v) is 3.80. The van der Waals surface area contributed by atoms with Crippen molar-refractivity contribution in [1.29, 1.82) is 0 Å². The first-order valence-corrected chi connectivity index (χ1v) is 10.2. The molecule has 4 rings (SSSR count). The van der Waals surface area contributed by atoms with E-state index in [1.165, 1.54) is 12.1 Å². The molecule has 2 amide bonds. The summed E-state index contributed by atoms with van der Waals surface area (Å²) < 4.78 is 24.4. The Hall–Kier alpha value is -2.65. The number of hydrogen-bond acceptors (Lipinski definition) is 5. The van der Waals surface area contributed by atoms with Crippen molar-refractivity contribution < 1.29 is 23.5 Å². The van der Waals surface area contributed by atoms with Gasteiger partial charge in [-0.2, -0.15) is 5.10 Å². The number of nitrogens with one attached hydrogen (secondary N) is 3. The van der Waals surface area contributed by atoms with Gasteiger partial charge in [-0.15, -0.1) is 0 Å². The van der Waals surface area contributed by atoms with Crippen molar-refractivity contribution in [2.45, 2.75) is 50.4 Å². The molecule has 0 spiro atoms. The van der Waals surface area contributed by atoms with Crippen LogP contribution in [-0.4, -0.2) is 41.0 Å². The van der Waals surface area contributed by atoms with Crippen LogP contribution in [0.25, 0.3) is 0 Å². The van der Waals surface area contributed by atoms with Gasteiger partial charge in [-0.25, -0.2) is 9.18 Å². The number of aromatic amines is 1. The lowest BCUT2D eigenvalue weighted by molar-refractivity contribution is -0.124. The maximum absolute atomic E-state index is 13.7. The quantitative estimate of drug-likeness (QED) is 0.642. The summed E-state index contributed by atoms with van der Waals surface area (Å²) in [6.07, 6.45) is 1.60. The second-order valence-corrected chi connectivity index (χ2v) is 7.86. The van der Waals surface area contributed by atoms with Crippen molar-refractivity contribution in [3.63, 3.8) is 0 Å². The number of hydrogen-bond donors (Lipinski definition) is 3. The van der Waals surface area contributed by atoms with Crippen LogP contribution >= 0.6 is 11.6 Å². The number of anilines is 1. The standard InChI is InChI=1S/C20H22ClFN4O4/c21-14-3-1-4-15(22)13(14)10-23-20(28)30-12-7-11(8-12)16-9-18(26-25-16)24-19(27)17-5-2-6-29-17/h1,3-4,9,11-12,17H,2,5-8,10H2,(H,23,28)(H2,24,25,26,27). The summed E-state index contributed by atoms with van der Waals surface area (Å²) >= 11 is 5.94. The fraction of sp³-hybridized carbons (Fsp3) is 0.450. The average molecular weight is 437 g/mol. The van der Waals surface area contributed by atoms with Crippen LogP contribution in [0.4, 0.5) is 15.0 Å². The van der Waals surface area contributed by atoms with E-state index in [0.717, 1.165) is 18.5 Å². The number of amides is 2. The van der Waals surface area contributed by atoms with Gasteiger partial charge in [0, 0.05) is 34.9 Å². The van der Waals surface area contributed by atoms with E-state index >= 15 is 0 Å². The Morgan fingerprint density at radius 1 is 1.37 bits per heavy atom. The summed E-state index contributed by atoms with van der Waals surface area (Å²) in [5, 5.41) is 12.6. The highest BCUT2D eigenvalue weighted by Crippen LogP contribution is 2.38. The lowest BCUT2D eigenvalue weighted by atomic mass is 9.80. The second-order valence-electron chi connectivity index (χ2n) is 7.45. The topological polar surface area (TPSA) is 105 Å². The Labute approximate surface area is 177 Å². The summed E-state index contributed by atoms with van der Waals surface area (Å²) in [6, 6.07) is 6.13. The molecule has 2 aromatic rings. The Morgan fingerprint density at radius 2 is 2.20 bits per heavy atom. The first-order chi connectivity index (χ1) is 14.5. The number of halogens is 2. The van der Waals surface area contributed by atoms with Crippen LogP contribution in [0.1, 0.15) is 42.9 Å². The molecule has 3 N–H and O–H groups in total. The highest BCUT2D eigenvalue weighted by molar-refractivity contribution is 6.31. The number of aromatic nitrogens is 2. The van der Waals surface area contributed by atoms with Gasteiger partial charge in [0.25, 0.3) is 5.91 Å². The van der Waals surface area contributed by atoms with E-state index in [0.29, 0.717) is 25.3 Å². The van der Waals surface area contributed by atoms with E-state index in [9.17, 15) is 14.0 Å². The van der Waals surface area contributed by atoms with Crippen LogP contribution < -0.4 is 10.6 Å². The van der Waals surface area contributed by atoms with E-state index < -0.39 is 18.0 Å². The first-order valence-electron chi connectivity index (χ1n) is 9.84. The Bertz CT molecular complexity index is 905. The molecule has 2 aliphatic rings. The molecule has 1 aliphatic heterocycles. The van der Waals surface area contributed by atoms with Crippen LogP contribution in [0.15, 0.2) is 24.3 Å². The first kappa shape index (κ1) is 20.6. The summed E-state index contributed by atoms with van der Waals surface area (Å²) in [5.74, 6) is -0.0563. The molecular weight excluding hydrogens is 415 g/mol. The number of rotatable bonds is 6. The minimum absolute atomic E-state index is 0.0468. The van der Waals surface area contributed by atoms with E-state index in [4.69, 9.17) is 21.1 Å². The summed E-state index contributed by atoms with van der Waals surface area (Å²) in [6.45, 7) is 0.559. The Morgan fingerprint density at radius 3 is 2.93 bits per heavy atom. The smallest absolute Gasteiger partial charge is 0.407 e. The van der Waals surface area contributed by atoms with Gasteiger partial charge in [0.05, 0.1) is 6.54 Å². The fourth-order valence-electron chi connectivity index (χ4n) is 3.57. The van der Waals surface area contributed by atoms with Gasteiger partial charge >= 0.3 is 6.09 Å². The highest BCUT2D eigenvalue weighted by Gasteiger charge is 2.35. The minimum atomic E-state index is -0.619. The molecule has 0 bridgehead atoms. The van der Waals surface area contributed by atoms with Crippen LogP contribution in [0.3, 0.4) is 0 Å². The highest BCUT2D eigenvalue weighted by atomic mass is 35.5.